The number of aliphatic carboxylic acids is 1. The smallest absolute Gasteiger partial charge is 0.326 e. The highest BCUT2D eigenvalue weighted by Gasteiger charge is 2.22. The van der Waals surface area contributed by atoms with Crippen LogP contribution >= 0.6 is 11.8 Å². The second kappa shape index (κ2) is 8.89. The molecular weight excluding hydrogens is 340 g/mol. The van der Waals surface area contributed by atoms with Crippen molar-refractivity contribution in [2.75, 3.05) is 11.6 Å². The number of hydrogen-bond donors (Lipinski definition) is 3. The average molecular weight is 358 g/mol. The fraction of sp³-hybridized carbons (Fsp3) is 0.167. The molecule has 2 amide bonds. The summed E-state index contributed by atoms with van der Waals surface area (Å²) in [6.07, 6.45) is 2.57. The summed E-state index contributed by atoms with van der Waals surface area (Å²) in [5.41, 5.74) is 1.80. The molecule has 2 rings (SSSR count). The number of anilines is 1. The predicted octanol–water partition coefficient (Wildman–Crippen LogP) is 2.40. The molecule has 0 fully saturated rings. The molecule has 3 N–H and O–H groups in total. The first-order valence-electron chi connectivity index (χ1n) is 7.51. The molecule has 0 saturated heterocycles. The zero-order valence-corrected chi connectivity index (χ0v) is 14.4. The Balaban J connectivity index is 2.11. The fourth-order valence-corrected chi connectivity index (χ4v) is 2.90. The van der Waals surface area contributed by atoms with Gasteiger partial charge in [-0.2, -0.15) is 0 Å². The van der Waals surface area contributed by atoms with E-state index in [-0.39, 0.29) is 6.42 Å². The van der Waals surface area contributed by atoms with Crippen molar-refractivity contribution in [3.63, 3.8) is 0 Å². The molecule has 0 spiro atoms. The third kappa shape index (κ3) is 5.09. The molecule has 0 aliphatic rings. The number of hydrogen-bond acceptors (Lipinski definition) is 4. The molecule has 0 aliphatic heterocycles. The molecule has 0 saturated carbocycles. The maximum Gasteiger partial charge on any atom is 0.326 e. The molecular formula is C18H18N2O4S. The van der Waals surface area contributed by atoms with Gasteiger partial charge in [-0.15, -0.1) is 11.8 Å². The molecule has 0 aromatic heterocycles. The predicted molar refractivity (Wildman–Crippen MR) is 96.9 cm³/mol. The summed E-state index contributed by atoms with van der Waals surface area (Å²) in [6.45, 7) is 0. The van der Waals surface area contributed by atoms with Crippen molar-refractivity contribution in [1.82, 2.24) is 5.32 Å². The Morgan fingerprint density at radius 1 is 1.16 bits per heavy atom. The van der Waals surface area contributed by atoms with Crippen molar-refractivity contribution < 1.29 is 19.5 Å². The van der Waals surface area contributed by atoms with Gasteiger partial charge in [0.05, 0.1) is 5.56 Å². The zero-order valence-electron chi connectivity index (χ0n) is 13.6. The highest BCUT2D eigenvalue weighted by molar-refractivity contribution is 7.98. The van der Waals surface area contributed by atoms with E-state index in [1.165, 1.54) is 11.8 Å². The molecule has 0 bridgehead atoms. The molecule has 0 heterocycles. The Bertz CT molecular complexity index is 762. The van der Waals surface area contributed by atoms with Crippen LogP contribution < -0.4 is 10.6 Å². The van der Waals surface area contributed by atoms with Gasteiger partial charge in [-0.25, -0.2) is 4.79 Å². The van der Waals surface area contributed by atoms with Crippen molar-refractivity contribution in [1.29, 1.82) is 0 Å². The lowest BCUT2D eigenvalue weighted by molar-refractivity contribution is -0.139. The van der Waals surface area contributed by atoms with E-state index in [4.69, 9.17) is 0 Å². The lowest BCUT2D eigenvalue weighted by atomic mass is 10.0. The highest BCUT2D eigenvalue weighted by Crippen LogP contribution is 2.20. The van der Waals surface area contributed by atoms with E-state index in [1.54, 1.807) is 36.4 Å². The molecule has 6 nitrogen and oxygen atoms in total. The standard InChI is InChI=1S/C18H18N2O4S/c1-25-16-5-3-2-4-14(16)17(22)20-15(18(23)24)10-12-6-8-13(9-7-12)19-11-21/h2-9,11,15H,10H2,1H3,(H,19,21)(H,20,22)(H,23,24). The molecule has 0 aliphatic carbocycles. The zero-order chi connectivity index (χ0) is 18.2. The van der Waals surface area contributed by atoms with Gasteiger partial charge in [-0.1, -0.05) is 24.3 Å². The molecule has 7 heteroatoms. The number of carboxylic acids is 1. The van der Waals surface area contributed by atoms with Crippen molar-refractivity contribution in [3.8, 4) is 0 Å². The quantitative estimate of drug-likeness (QED) is 0.497. The largest absolute Gasteiger partial charge is 0.480 e. The summed E-state index contributed by atoms with van der Waals surface area (Å²) in [5, 5.41) is 14.5. The van der Waals surface area contributed by atoms with Gasteiger partial charge in [0.25, 0.3) is 5.91 Å². The van der Waals surface area contributed by atoms with E-state index < -0.39 is 17.9 Å². The Morgan fingerprint density at radius 2 is 1.84 bits per heavy atom. The average Bonchev–Trinajstić information content (AvgIpc) is 2.62. The highest BCUT2D eigenvalue weighted by atomic mass is 32.2. The second-order valence-corrected chi connectivity index (χ2v) is 6.08. The number of rotatable bonds is 8. The SMILES string of the molecule is CSc1ccccc1C(=O)NC(Cc1ccc(NC=O)cc1)C(=O)O. The van der Waals surface area contributed by atoms with Gasteiger partial charge in [0.1, 0.15) is 6.04 Å². The Labute approximate surface area is 149 Å². The van der Waals surface area contributed by atoms with Gasteiger partial charge in [0, 0.05) is 17.0 Å². The lowest BCUT2D eigenvalue weighted by Crippen LogP contribution is -2.42. The van der Waals surface area contributed by atoms with Crippen LogP contribution in [-0.4, -0.2) is 35.7 Å². The summed E-state index contributed by atoms with van der Waals surface area (Å²) in [6, 6.07) is 12.8. The van der Waals surface area contributed by atoms with Crippen LogP contribution in [0.4, 0.5) is 5.69 Å². The summed E-state index contributed by atoms with van der Waals surface area (Å²) in [7, 11) is 0. The van der Waals surface area contributed by atoms with Crippen LogP contribution in [0.1, 0.15) is 15.9 Å². The van der Waals surface area contributed by atoms with Gasteiger partial charge in [0.15, 0.2) is 0 Å². The van der Waals surface area contributed by atoms with Crippen molar-refractivity contribution in [2.24, 2.45) is 0 Å². The maximum absolute atomic E-state index is 12.4. The van der Waals surface area contributed by atoms with Gasteiger partial charge < -0.3 is 15.7 Å². The van der Waals surface area contributed by atoms with Crippen LogP contribution in [0.5, 0.6) is 0 Å². The number of carbonyl (C=O) groups excluding carboxylic acids is 2. The fourth-order valence-electron chi connectivity index (χ4n) is 2.31. The topological polar surface area (TPSA) is 95.5 Å². The van der Waals surface area contributed by atoms with Crippen molar-refractivity contribution in [3.05, 3.63) is 59.7 Å². The number of amides is 2. The summed E-state index contributed by atoms with van der Waals surface area (Å²) in [5.74, 6) is -1.53. The van der Waals surface area contributed by atoms with E-state index >= 15 is 0 Å². The van der Waals surface area contributed by atoms with Gasteiger partial charge in [-0.05, 0) is 36.1 Å². The minimum atomic E-state index is -1.11. The van der Waals surface area contributed by atoms with Crippen LogP contribution in [-0.2, 0) is 16.0 Å². The maximum atomic E-state index is 12.4. The molecule has 25 heavy (non-hydrogen) atoms. The Kier molecular flexibility index (Phi) is 6.59. The van der Waals surface area contributed by atoms with E-state index in [1.807, 2.05) is 18.4 Å². The molecule has 1 atom stereocenters. The Morgan fingerprint density at radius 3 is 2.44 bits per heavy atom. The second-order valence-electron chi connectivity index (χ2n) is 5.23. The number of carbonyl (C=O) groups is 3. The Hall–Kier alpha value is -2.80. The third-order valence-electron chi connectivity index (χ3n) is 3.57. The van der Waals surface area contributed by atoms with Crippen molar-refractivity contribution in [2.45, 2.75) is 17.4 Å². The number of thioether (sulfide) groups is 1. The number of nitrogens with one attached hydrogen (secondary N) is 2. The van der Waals surface area contributed by atoms with Crippen LogP contribution in [0.2, 0.25) is 0 Å². The van der Waals surface area contributed by atoms with E-state index in [2.05, 4.69) is 10.6 Å². The van der Waals surface area contributed by atoms with Crippen molar-refractivity contribution >= 4 is 35.7 Å². The normalized spacial score (nSPS) is 11.4. The molecule has 1 unspecified atom stereocenters. The molecule has 0 radical (unpaired) electrons. The minimum absolute atomic E-state index is 0.143. The summed E-state index contributed by atoms with van der Waals surface area (Å²) < 4.78 is 0. The number of benzene rings is 2. The summed E-state index contributed by atoms with van der Waals surface area (Å²) in [4.78, 5) is 35.1. The third-order valence-corrected chi connectivity index (χ3v) is 4.37. The van der Waals surface area contributed by atoms with E-state index in [9.17, 15) is 19.5 Å². The molecule has 2 aromatic rings. The minimum Gasteiger partial charge on any atom is -0.480 e. The first kappa shape index (κ1) is 18.5. The monoisotopic (exact) mass is 358 g/mol. The van der Waals surface area contributed by atoms with Crippen LogP contribution in [0.15, 0.2) is 53.4 Å². The van der Waals surface area contributed by atoms with Gasteiger partial charge >= 0.3 is 5.97 Å². The first-order chi connectivity index (χ1) is 12.0. The molecule has 130 valence electrons. The van der Waals surface area contributed by atoms with Gasteiger partial charge in [-0.3, -0.25) is 9.59 Å². The van der Waals surface area contributed by atoms with Crippen LogP contribution in [0, 0.1) is 0 Å². The van der Waals surface area contributed by atoms with Gasteiger partial charge in [0.2, 0.25) is 6.41 Å². The van der Waals surface area contributed by atoms with Crippen LogP contribution in [0.25, 0.3) is 0 Å². The summed E-state index contributed by atoms with van der Waals surface area (Å²) >= 11 is 1.43. The molecule has 2 aromatic carbocycles. The number of carboxylic acid groups (broad SMARTS) is 1. The van der Waals surface area contributed by atoms with Crippen LogP contribution in [0.3, 0.4) is 0 Å². The van der Waals surface area contributed by atoms with E-state index in [0.29, 0.717) is 17.7 Å². The first-order valence-corrected chi connectivity index (χ1v) is 8.73. The lowest BCUT2D eigenvalue weighted by Gasteiger charge is -2.16. The van der Waals surface area contributed by atoms with E-state index in [0.717, 1.165) is 10.5 Å².